The molecule has 0 saturated heterocycles. The Balaban J connectivity index is 2.34. The van der Waals surface area contributed by atoms with Gasteiger partial charge in [0.15, 0.2) is 17.1 Å². The van der Waals surface area contributed by atoms with Crippen molar-refractivity contribution in [3.8, 4) is 17.5 Å². The van der Waals surface area contributed by atoms with Crippen LogP contribution in [0, 0.1) is 18.3 Å². The van der Waals surface area contributed by atoms with Gasteiger partial charge in [-0.3, -0.25) is 0 Å². The monoisotopic (exact) mass is 268 g/mol. The molecule has 0 aliphatic rings. The summed E-state index contributed by atoms with van der Waals surface area (Å²) in [5, 5.41) is 22.1. The van der Waals surface area contributed by atoms with E-state index in [4.69, 9.17) is 9.68 Å². The zero-order valence-corrected chi connectivity index (χ0v) is 10.4. The van der Waals surface area contributed by atoms with Gasteiger partial charge in [0.25, 0.3) is 0 Å². The molecular weight excluding hydrogens is 260 g/mol. The normalized spacial score (nSPS) is 10.6. The van der Waals surface area contributed by atoms with Crippen molar-refractivity contribution in [3.63, 3.8) is 0 Å². The summed E-state index contributed by atoms with van der Waals surface area (Å²) in [6, 6.07) is 6.74. The van der Waals surface area contributed by atoms with Gasteiger partial charge in [-0.05, 0) is 19.1 Å². The number of nitriles is 1. The van der Waals surface area contributed by atoms with Crippen LogP contribution in [0.25, 0.3) is 17.1 Å². The van der Waals surface area contributed by atoms with Crippen LogP contribution in [0.1, 0.15) is 21.8 Å². The molecule has 0 aromatic carbocycles. The zero-order chi connectivity index (χ0) is 14.3. The molecule has 0 bridgehead atoms. The van der Waals surface area contributed by atoms with E-state index in [1.54, 1.807) is 19.1 Å². The molecule has 0 aliphatic carbocycles. The summed E-state index contributed by atoms with van der Waals surface area (Å²) in [7, 11) is 0. The predicted molar refractivity (Wildman–Crippen MR) is 67.1 cm³/mol. The van der Waals surface area contributed by atoms with Crippen molar-refractivity contribution < 1.29 is 14.3 Å². The van der Waals surface area contributed by atoms with E-state index in [0.717, 1.165) is 4.52 Å². The van der Waals surface area contributed by atoms with E-state index in [0.29, 0.717) is 17.2 Å². The van der Waals surface area contributed by atoms with Gasteiger partial charge >= 0.3 is 5.97 Å². The molecule has 7 nitrogen and oxygen atoms in total. The van der Waals surface area contributed by atoms with E-state index in [-0.39, 0.29) is 16.9 Å². The molecule has 7 heteroatoms. The molecule has 3 aromatic heterocycles. The Bertz CT molecular complexity index is 869. The van der Waals surface area contributed by atoms with Crippen LogP contribution in [0.2, 0.25) is 0 Å². The largest absolute Gasteiger partial charge is 0.477 e. The van der Waals surface area contributed by atoms with E-state index in [9.17, 15) is 9.90 Å². The number of carbonyl (C=O) groups is 1. The first-order chi connectivity index (χ1) is 9.60. The molecule has 98 valence electrons. The van der Waals surface area contributed by atoms with Crippen LogP contribution in [0.5, 0.6) is 0 Å². The summed E-state index contributed by atoms with van der Waals surface area (Å²) in [5.74, 6) is -0.0281. The second-order valence-corrected chi connectivity index (χ2v) is 4.15. The number of rotatable bonds is 2. The number of aryl methyl sites for hydroxylation is 1. The number of aromatic carboxylic acids is 1. The van der Waals surface area contributed by atoms with Gasteiger partial charge in [-0.25, -0.2) is 14.3 Å². The number of fused-ring (bicyclic) bond motifs is 1. The first-order valence-electron chi connectivity index (χ1n) is 5.69. The second-order valence-electron chi connectivity index (χ2n) is 4.15. The Labute approximate surface area is 112 Å². The van der Waals surface area contributed by atoms with Gasteiger partial charge in [0, 0.05) is 6.07 Å². The molecule has 0 aliphatic heterocycles. The highest BCUT2D eigenvalue weighted by atomic mass is 16.4. The maximum Gasteiger partial charge on any atom is 0.354 e. The smallest absolute Gasteiger partial charge is 0.354 e. The van der Waals surface area contributed by atoms with E-state index in [1.807, 2.05) is 6.07 Å². The third kappa shape index (κ3) is 1.71. The highest BCUT2D eigenvalue weighted by Crippen LogP contribution is 2.23. The first kappa shape index (κ1) is 11.9. The third-order valence-electron chi connectivity index (χ3n) is 2.80. The van der Waals surface area contributed by atoms with Crippen LogP contribution in [0.4, 0.5) is 0 Å². The predicted octanol–water partition coefficient (Wildman–Crippen LogP) is 1.87. The Kier molecular flexibility index (Phi) is 2.51. The van der Waals surface area contributed by atoms with Gasteiger partial charge in [0.1, 0.15) is 23.1 Å². The van der Waals surface area contributed by atoms with Gasteiger partial charge in [-0.2, -0.15) is 10.4 Å². The Hall–Kier alpha value is -3.14. The summed E-state index contributed by atoms with van der Waals surface area (Å²) >= 11 is 0. The molecule has 0 unspecified atom stereocenters. The Morgan fingerprint density at radius 2 is 2.30 bits per heavy atom. The lowest BCUT2D eigenvalue weighted by molar-refractivity contribution is 0.0687. The summed E-state index contributed by atoms with van der Waals surface area (Å²) in [5.41, 5.74) is 0.662. The highest BCUT2D eigenvalue weighted by Gasteiger charge is 2.17. The molecule has 0 saturated carbocycles. The molecule has 3 aromatic rings. The molecular formula is C13H8N4O3. The summed E-state index contributed by atoms with van der Waals surface area (Å²) in [4.78, 5) is 15.6. The SMILES string of the molecule is Cc1ccc(-c2cc(C(=O)O)n3ncc(C#N)c3n2)o1. The molecule has 3 rings (SSSR count). The maximum atomic E-state index is 11.3. The standard InChI is InChI=1S/C13H8N4O3/c1-7-2-3-11(20-7)9-4-10(13(18)19)17-12(16-9)8(5-14)6-15-17/h2-4,6H,1H3,(H,18,19). The summed E-state index contributed by atoms with van der Waals surface area (Å²) < 4.78 is 6.56. The van der Waals surface area contributed by atoms with Crippen LogP contribution >= 0.6 is 0 Å². The lowest BCUT2D eigenvalue weighted by atomic mass is 10.2. The second kappa shape index (κ2) is 4.20. The van der Waals surface area contributed by atoms with Crippen molar-refractivity contribution >= 4 is 11.6 Å². The fourth-order valence-corrected chi connectivity index (χ4v) is 1.89. The van der Waals surface area contributed by atoms with Gasteiger partial charge in [-0.15, -0.1) is 0 Å². The lowest BCUT2D eigenvalue weighted by Gasteiger charge is -2.03. The van der Waals surface area contributed by atoms with Crippen LogP contribution < -0.4 is 0 Å². The van der Waals surface area contributed by atoms with E-state index in [1.165, 1.54) is 12.3 Å². The Morgan fingerprint density at radius 1 is 1.50 bits per heavy atom. The van der Waals surface area contributed by atoms with E-state index in [2.05, 4.69) is 10.1 Å². The minimum Gasteiger partial charge on any atom is -0.477 e. The highest BCUT2D eigenvalue weighted by molar-refractivity contribution is 5.88. The molecule has 20 heavy (non-hydrogen) atoms. The van der Waals surface area contributed by atoms with Crippen molar-refractivity contribution in [2.75, 3.05) is 0 Å². The molecule has 0 amide bonds. The Morgan fingerprint density at radius 3 is 2.90 bits per heavy atom. The van der Waals surface area contributed by atoms with Crippen molar-refractivity contribution in [1.82, 2.24) is 14.6 Å². The van der Waals surface area contributed by atoms with Gasteiger partial charge < -0.3 is 9.52 Å². The van der Waals surface area contributed by atoms with Crippen molar-refractivity contribution in [3.05, 3.63) is 41.4 Å². The topological polar surface area (TPSA) is 104 Å². The first-order valence-corrected chi connectivity index (χ1v) is 5.69. The fraction of sp³-hybridized carbons (Fsp3) is 0.0769. The van der Waals surface area contributed by atoms with E-state index < -0.39 is 5.97 Å². The molecule has 1 N–H and O–H groups in total. The van der Waals surface area contributed by atoms with Crippen LogP contribution in [-0.2, 0) is 0 Å². The summed E-state index contributed by atoms with van der Waals surface area (Å²) in [6.07, 6.45) is 1.28. The third-order valence-corrected chi connectivity index (χ3v) is 2.80. The number of hydrogen-bond donors (Lipinski definition) is 1. The maximum absolute atomic E-state index is 11.3. The number of aromatic nitrogens is 3. The number of hydrogen-bond acceptors (Lipinski definition) is 5. The quantitative estimate of drug-likeness (QED) is 0.760. The van der Waals surface area contributed by atoms with Crippen molar-refractivity contribution in [2.45, 2.75) is 6.92 Å². The molecule has 0 fully saturated rings. The lowest BCUT2D eigenvalue weighted by Crippen LogP contribution is -2.08. The zero-order valence-electron chi connectivity index (χ0n) is 10.4. The average molecular weight is 268 g/mol. The van der Waals surface area contributed by atoms with Gasteiger partial charge in [0.2, 0.25) is 0 Å². The van der Waals surface area contributed by atoms with Crippen molar-refractivity contribution in [2.24, 2.45) is 0 Å². The minimum absolute atomic E-state index is 0.0828. The van der Waals surface area contributed by atoms with Crippen LogP contribution in [-0.4, -0.2) is 25.7 Å². The molecule has 3 heterocycles. The van der Waals surface area contributed by atoms with Crippen molar-refractivity contribution in [1.29, 1.82) is 5.26 Å². The number of nitrogens with zero attached hydrogens (tertiary/aromatic N) is 4. The number of carboxylic acid groups (broad SMARTS) is 1. The summed E-state index contributed by atoms with van der Waals surface area (Å²) in [6.45, 7) is 1.78. The van der Waals surface area contributed by atoms with Crippen LogP contribution in [0.3, 0.4) is 0 Å². The van der Waals surface area contributed by atoms with E-state index >= 15 is 0 Å². The van der Waals surface area contributed by atoms with Gasteiger partial charge in [-0.1, -0.05) is 0 Å². The van der Waals surface area contributed by atoms with Gasteiger partial charge in [0.05, 0.1) is 6.20 Å². The number of carboxylic acids is 1. The fourth-order valence-electron chi connectivity index (χ4n) is 1.89. The number of furan rings is 1. The average Bonchev–Trinajstić information content (AvgIpc) is 3.03. The minimum atomic E-state index is -1.16. The van der Waals surface area contributed by atoms with Crippen LogP contribution in [0.15, 0.2) is 28.8 Å². The molecule has 0 atom stereocenters. The molecule has 0 radical (unpaired) electrons. The molecule has 0 spiro atoms.